The zero-order valence-corrected chi connectivity index (χ0v) is 12.7. The van der Waals surface area contributed by atoms with Gasteiger partial charge < -0.3 is 5.11 Å². The quantitative estimate of drug-likeness (QED) is 0.613. The summed E-state index contributed by atoms with van der Waals surface area (Å²) < 4.78 is -1.55. The summed E-state index contributed by atoms with van der Waals surface area (Å²) in [6.07, 6.45) is 2.18. The van der Waals surface area contributed by atoms with Gasteiger partial charge in [-0.3, -0.25) is 0 Å². The smallest absolute Gasteiger partial charge is 0.167 e. The van der Waals surface area contributed by atoms with Gasteiger partial charge in [0.2, 0.25) is 0 Å². The summed E-state index contributed by atoms with van der Waals surface area (Å²) in [5, 5.41) is 10.2. The van der Waals surface area contributed by atoms with Crippen molar-refractivity contribution in [3.8, 4) is 0 Å². The van der Waals surface area contributed by atoms with Crippen molar-refractivity contribution in [2.24, 2.45) is 11.8 Å². The lowest BCUT2D eigenvalue weighted by molar-refractivity contribution is 0.285. The number of aliphatic hydroxyl groups excluding tert-OH is 1. The van der Waals surface area contributed by atoms with Gasteiger partial charge in [0, 0.05) is 11.8 Å². The third-order valence-electron chi connectivity index (χ3n) is 3.99. The highest BCUT2D eigenvalue weighted by Crippen LogP contribution is 2.78. The van der Waals surface area contributed by atoms with Crippen molar-refractivity contribution in [3.05, 3.63) is 21.9 Å². The van der Waals surface area contributed by atoms with Crippen LogP contribution in [0, 0.1) is 11.8 Å². The van der Waals surface area contributed by atoms with E-state index in [0.29, 0.717) is 6.42 Å². The highest BCUT2D eigenvalue weighted by Gasteiger charge is 2.83. The summed E-state index contributed by atoms with van der Waals surface area (Å²) in [6, 6.07) is 0. The lowest BCUT2D eigenvalue weighted by atomic mass is 9.84. The highest BCUT2D eigenvalue weighted by atomic mass is 35.5. The molecule has 7 heteroatoms. The Kier molecular flexibility index (Phi) is 2.58. The molecule has 4 atom stereocenters. The molecule has 3 rings (SSSR count). The SMILES string of the molecule is OC1=CCC2C1C1(Cl)C(Cl)=C(Cl)C2(Cl)C1(Cl)Cl. The predicted octanol–water partition coefficient (Wildman–Crippen LogP) is 4.91. The van der Waals surface area contributed by atoms with Gasteiger partial charge in [-0.15, -0.1) is 23.2 Å². The van der Waals surface area contributed by atoms with Crippen LogP contribution in [0.1, 0.15) is 6.42 Å². The summed E-state index contributed by atoms with van der Waals surface area (Å²) in [7, 11) is 0. The fourth-order valence-electron chi connectivity index (χ4n) is 3.18. The summed E-state index contributed by atoms with van der Waals surface area (Å²) in [6.45, 7) is 0. The molecule has 94 valence electrons. The van der Waals surface area contributed by atoms with Crippen LogP contribution in [0.2, 0.25) is 0 Å². The molecule has 2 bridgehead atoms. The molecule has 3 aliphatic rings. The molecule has 0 radical (unpaired) electrons. The van der Waals surface area contributed by atoms with Gasteiger partial charge in [-0.05, 0) is 12.5 Å². The van der Waals surface area contributed by atoms with Crippen molar-refractivity contribution in [1.82, 2.24) is 0 Å². The third-order valence-corrected chi connectivity index (χ3v) is 8.29. The molecule has 0 heterocycles. The van der Waals surface area contributed by atoms with Crippen LogP contribution in [0.3, 0.4) is 0 Å². The minimum Gasteiger partial charge on any atom is -0.512 e. The van der Waals surface area contributed by atoms with E-state index in [0.717, 1.165) is 0 Å². The molecule has 0 aromatic carbocycles. The van der Waals surface area contributed by atoms with E-state index in [4.69, 9.17) is 69.6 Å². The lowest BCUT2D eigenvalue weighted by Gasteiger charge is -2.33. The van der Waals surface area contributed by atoms with Crippen LogP contribution in [0.25, 0.3) is 0 Å². The molecule has 0 amide bonds. The largest absolute Gasteiger partial charge is 0.512 e. The van der Waals surface area contributed by atoms with E-state index in [1.54, 1.807) is 6.08 Å². The Labute approximate surface area is 128 Å². The van der Waals surface area contributed by atoms with Gasteiger partial charge in [-0.2, -0.15) is 0 Å². The van der Waals surface area contributed by atoms with E-state index in [9.17, 15) is 5.11 Å². The maximum absolute atomic E-state index is 9.91. The zero-order valence-electron chi connectivity index (χ0n) is 8.15. The Morgan fingerprint density at radius 2 is 1.59 bits per heavy atom. The zero-order chi connectivity index (χ0) is 12.8. The monoisotopic (exact) mass is 352 g/mol. The van der Waals surface area contributed by atoms with Gasteiger partial charge in [-0.25, -0.2) is 0 Å². The lowest BCUT2D eigenvalue weighted by Crippen LogP contribution is -2.45. The van der Waals surface area contributed by atoms with E-state index in [1.165, 1.54) is 0 Å². The fourth-order valence-corrected chi connectivity index (χ4v) is 6.21. The van der Waals surface area contributed by atoms with E-state index < -0.39 is 20.0 Å². The normalized spacial score (nSPS) is 50.8. The standard InChI is InChI=1S/C10H6Cl6O/c11-6-7(12)9(14)5-3(1-2-4(5)17)8(6,13)10(9,15)16/h2-3,5,17H,1H2. The molecule has 0 aliphatic heterocycles. The van der Waals surface area contributed by atoms with E-state index in [-0.39, 0.29) is 21.7 Å². The first-order chi connectivity index (χ1) is 7.70. The summed E-state index contributed by atoms with van der Waals surface area (Å²) in [4.78, 5) is -2.61. The number of fused-ring (bicyclic) bond motifs is 5. The van der Waals surface area contributed by atoms with Crippen molar-refractivity contribution in [1.29, 1.82) is 0 Å². The molecule has 1 nitrogen and oxygen atoms in total. The maximum atomic E-state index is 9.91. The first kappa shape index (κ1) is 13.0. The van der Waals surface area contributed by atoms with Crippen molar-refractivity contribution in [3.63, 3.8) is 0 Å². The van der Waals surface area contributed by atoms with Crippen LogP contribution in [-0.4, -0.2) is 19.2 Å². The number of rotatable bonds is 0. The first-order valence-electron chi connectivity index (χ1n) is 4.91. The molecule has 3 aliphatic carbocycles. The molecule has 1 fully saturated rings. The Bertz CT molecular complexity index is 483. The van der Waals surface area contributed by atoms with Crippen molar-refractivity contribution < 1.29 is 5.11 Å². The van der Waals surface area contributed by atoms with Crippen molar-refractivity contribution in [2.45, 2.75) is 20.5 Å². The van der Waals surface area contributed by atoms with E-state index in [1.807, 2.05) is 0 Å². The summed E-state index contributed by atoms with van der Waals surface area (Å²) >= 11 is 37.9. The van der Waals surface area contributed by atoms with Crippen LogP contribution in [0.5, 0.6) is 0 Å². The Balaban J connectivity index is 2.32. The predicted molar refractivity (Wildman–Crippen MR) is 72.6 cm³/mol. The van der Waals surface area contributed by atoms with Gasteiger partial charge in [0.05, 0.1) is 15.8 Å². The fraction of sp³-hybridized carbons (Fsp3) is 0.600. The van der Waals surface area contributed by atoms with Crippen LogP contribution >= 0.6 is 69.6 Å². The summed E-state index contributed by atoms with van der Waals surface area (Å²) in [5.41, 5.74) is 0. The van der Waals surface area contributed by atoms with Gasteiger partial charge in [0.25, 0.3) is 0 Å². The average Bonchev–Trinajstić information content (AvgIpc) is 2.73. The van der Waals surface area contributed by atoms with Crippen LogP contribution in [0.15, 0.2) is 21.9 Å². The molecule has 0 saturated heterocycles. The molecular formula is C10H6Cl6O. The maximum Gasteiger partial charge on any atom is 0.167 e. The number of halogens is 6. The second-order valence-corrected chi connectivity index (χ2v) is 7.85. The molecule has 1 saturated carbocycles. The van der Waals surface area contributed by atoms with Crippen LogP contribution < -0.4 is 0 Å². The van der Waals surface area contributed by atoms with Gasteiger partial charge >= 0.3 is 0 Å². The minimum atomic E-state index is -1.55. The topological polar surface area (TPSA) is 20.2 Å². The van der Waals surface area contributed by atoms with E-state index in [2.05, 4.69) is 0 Å². The molecule has 17 heavy (non-hydrogen) atoms. The second kappa shape index (κ2) is 3.37. The highest BCUT2D eigenvalue weighted by molar-refractivity contribution is 6.65. The third kappa shape index (κ3) is 1.07. The van der Waals surface area contributed by atoms with Crippen molar-refractivity contribution in [2.75, 3.05) is 0 Å². The number of allylic oxidation sites excluding steroid dienone is 4. The van der Waals surface area contributed by atoms with Crippen molar-refractivity contribution >= 4 is 69.6 Å². The van der Waals surface area contributed by atoms with Gasteiger partial charge in [0.15, 0.2) is 4.33 Å². The molecule has 0 aromatic heterocycles. The number of hydrogen-bond donors (Lipinski definition) is 1. The second-order valence-electron chi connectivity index (χ2n) is 4.57. The minimum absolute atomic E-state index is 0.125. The molecule has 0 aromatic rings. The first-order valence-corrected chi connectivity index (χ1v) is 7.18. The van der Waals surface area contributed by atoms with Gasteiger partial charge in [-0.1, -0.05) is 46.4 Å². The Hall–Kier alpha value is 1.02. The van der Waals surface area contributed by atoms with Crippen LogP contribution in [0.4, 0.5) is 0 Å². The molecule has 4 unspecified atom stereocenters. The van der Waals surface area contributed by atoms with E-state index >= 15 is 0 Å². The number of alkyl halides is 4. The molecule has 1 N–H and O–H groups in total. The summed E-state index contributed by atoms with van der Waals surface area (Å²) in [5.74, 6) is -0.612. The Morgan fingerprint density at radius 1 is 1.06 bits per heavy atom. The van der Waals surface area contributed by atoms with Crippen LogP contribution in [-0.2, 0) is 0 Å². The average molecular weight is 355 g/mol. The number of hydrogen-bond acceptors (Lipinski definition) is 1. The molecular weight excluding hydrogens is 349 g/mol. The molecule has 0 spiro atoms. The van der Waals surface area contributed by atoms with Gasteiger partial charge in [0.1, 0.15) is 9.75 Å². The Morgan fingerprint density at radius 3 is 2.18 bits per heavy atom. The number of aliphatic hydroxyl groups is 1.